The SMILES string of the molecule is C=C/C(=N\C=C(C)C)Sc1oc(/C(=C/C=C(\C)F)CC)nc1CNc1ccc(C(=O)OC)cc1. The van der Waals surface area contributed by atoms with Crippen LogP contribution in [-0.4, -0.2) is 23.1 Å². The number of nitrogens with one attached hydrogen (secondary N) is 1. The van der Waals surface area contributed by atoms with E-state index in [0.717, 1.165) is 16.8 Å². The van der Waals surface area contributed by atoms with Crippen LogP contribution in [0, 0.1) is 0 Å². The summed E-state index contributed by atoms with van der Waals surface area (Å²) in [7, 11) is 1.35. The van der Waals surface area contributed by atoms with E-state index in [9.17, 15) is 9.18 Å². The molecule has 8 heteroatoms. The van der Waals surface area contributed by atoms with Crippen molar-refractivity contribution in [1.82, 2.24) is 4.98 Å². The third kappa shape index (κ3) is 8.19. The summed E-state index contributed by atoms with van der Waals surface area (Å²) >= 11 is 1.32. The number of hydrogen-bond acceptors (Lipinski definition) is 7. The monoisotopic (exact) mass is 483 g/mol. The molecule has 0 radical (unpaired) electrons. The minimum atomic E-state index is -0.393. The van der Waals surface area contributed by atoms with Gasteiger partial charge in [-0.05, 0) is 75.4 Å². The van der Waals surface area contributed by atoms with Crippen molar-refractivity contribution >= 4 is 34.0 Å². The summed E-state index contributed by atoms with van der Waals surface area (Å²) in [6, 6.07) is 6.95. The number of carbonyl (C=O) groups excluding carboxylic acids is 1. The van der Waals surface area contributed by atoms with Crippen LogP contribution in [0.15, 0.2) is 81.2 Å². The Morgan fingerprint density at radius 2 is 1.97 bits per heavy atom. The zero-order valence-electron chi connectivity index (χ0n) is 20.1. The number of halogens is 1. The quantitative estimate of drug-likeness (QED) is 0.125. The maximum atomic E-state index is 13.3. The van der Waals surface area contributed by atoms with E-state index in [1.54, 1.807) is 42.6 Å². The Hall–Kier alpha value is -3.39. The van der Waals surface area contributed by atoms with Gasteiger partial charge in [0.25, 0.3) is 0 Å². The highest BCUT2D eigenvalue weighted by molar-refractivity contribution is 8.14. The molecule has 0 saturated heterocycles. The molecule has 180 valence electrons. The second-order valence-corrected chi connectivity index (χ2v) is 8.45. The van der Waals surface area contributed by atoms with Crippen molar-refractivity contribution in [3.8, 4) is 0 Å². The predicted octanol–water partition coefficient (Wildman–Crippen LogP) is 7.34. The number of thioether (sulfide) groups is 1. The molecular weight excluding hydrogens is 453 g/mol. The van der Waals surface area contributed by atoms with Crippen molar-refractivity contribution in [2.45, 2.75) is 45.8 Å². The number of anilines is 1. The highest BCUT2D eigenvalue weighted by Gasteiger charge is 2.18. The Labute approximate surface area is 204 Å². The van der Waals surface area contributed by atoms with Crippen molar-refractivity contribution in [3.05, 3.63) is 83.8 Å². The van der Waals surface area contributed by atoms with E-state index < -0.39 is 5.97 Å². The summed E-state index contributed by atoms with van der Waals surface area (Å²) in [5.74, 6) is -0.270. The molecule has 0 aliphatic carbocycles. The largest absolute Gasteiger partial charge is 0.465 e. The average Bonchev–Trinajstić information content (AvgIpc) is 3.22. The van der Waals surface area contributed by atoms with Gasteiger partial charge in [-0.3, -0.25) is 0 Å². The van der Waals surface area contributed by atoms with Crippen molar-refractivity contribution < 1.29 is 18.3 Å². The van der Waals surface area contributed by atoms with Crippen LogP contribution in [-0.2, 0) is 11.3 Å². The lowest BCUT2D eigenvalue weighted by atomic mass is 10.2. The lowest BCUT2D eigenvalue weighted by Crippen LogP contribution is -2.04. The van der Waals surface area contributed by atoms with Gasteiger partial charge in [0.15, 0.2) is 5.09 Å². The highest BCUT2D eigenvalue weighted by Crippen LogP contribution is 2.30. The summed E-state index contributed by atoms with van der Waals surface area (Å²) < 4.78 is 24.1. The first-order chi connectivity index (χ1) is 16.3. The Kier molecular flexibility index (Phi) is 10.5. The lowest BCUT2D eigenvalue weighted by Gasteiger charge is -2.06. The van der Waals surface area contributed by atoms with Gasteiger partial charge < -0.3 is 14.5 Å². The van der Waals surface area contributed by atoms with Crippen molar-refractivity contribution in [2.75, 3.05) is 12.4 Å². The molecule has 0 atom stereocenters. The lowest BCUT2D eigenvalue weighted by molar-refractivity contribution is 0.0600. The smallest absolute Gasteiger partial charge is 0.337 e. The van der Waals surface area contributed by atoms with E-state index in [1.165, 1.54) is 31.9 Å². The first-order valence-corrected chi connectivity index (χ1v) is 11.6. The average molecular weight is 484 g/mol. The highest BCUT2D eigenvalue weighted by atomic mass is 32.2. The minimum absolute atomic E-state index is 0.299. The molecule has 0 bridgehead atoms. The number of hydrogen-bond donors (Lipinski definition) is 1. The molecule has 0 unspecified atom stereocenters. The Morgan fingerprint density at radius 1 is 1.26 bits per heavy atom. The summed E-state index contributed by atoms with van der Waals surface area (Å²) in [5, 5.41) is 4.52. The molecule has 34 heavy (non-hydrogen) atoms. The van der Waals surface area contributed by atoms with Crippen LogP contribution in [0.3, 0.4) is 0 Å². The number of methoxy groups -OCH3 is 1. The number of ether oxygens (including phenoxy) is 1. The van der Waals surface area contributed by atoms with E-state index in [2.05, 4.69) is 21.9 Å². The maximum absolute atomic E-state index is 13.3. The van der Waals surface area contributed by atoms with Crippen molar-refractivity contribution in [3.63, 3.8) is 0 Å². The first kappa shape index (κ1) is 26.9. The number of benzene rings is 1. The zero-order chi connectivity index (χ0) is 25.1. The number of aliphatic imine (C=N–C) groups is 1. The molecule has 0 aliphatic heterocycles. The van der Waals surface area contributed by atoms with Gasteiger partial charge in [-0.1, -0.05) is 25.2 Å². The van der Waals surface area contributed by atoms with Gasteiger partial charge in [0.05, 0.1) is 25.0 Å². The normalized spacial score (nSPS) is 12.4. The Balaban J connectivity index is 2.36. The first-order valence-electron chi connectivity index (χ1n) is 10.7. The fourth-order valence-electron chi connectivity index (χ4n) is 2.66. The van der Waals surface area contributed by atoms with Gasteiger partial charge in [-0.15, -0.1) is 0 Å². The molecule has 0 saturated carbocycles. The van der Waals surface area contributed by atoms with E-state index in [1.807, 2.05) is 20.8 Å². The second kappa shape index (κ2) is 13.3. The van der Waals surface area contributed by atoms with Gasteiger partial charge in [0.1, 0.15) is 10.7 Å². The number of rotatable bonds is 10. The molecule has 1 aromatic carbocycles. The number of nitrogens with zero attached hydrogens (tertiary/aromatic N) is 2. The molecule has 1 aromatic heterocycles. The Morgan fingerprint density at radius 3 is 2.53 bits per heavy atom. The number of allylic oxidation sites excluding steroid dienone is 5. The van der Waals surface area contributed by atoms with Crippen LogP contribution < -0.4 is 5.32 Å². The number of aromatic nitrogens is 1. The third-order valence-electron chi connectivity index (χ3n) is 4.42. The van der Waals surface area contributed by atoms with Crippen LogP contribution in [0.4, 0.5) is 10.1 Å². The van der Waals surface area contributed by atoms with Crippen LogP contribution in [0.25, 0.3) is 5.57 Å². The van der Waals surface area contributed by atoms with E-state index in [-0.39, 0.29) is 5.83 Å². The van der Waals surface area contributed by atoms with Gasteiger partial charge >= 0.3 is 5.97 Å². The molecule has 2 rings (SSSR count). The summed E-state index contributed by atoms with van der Waals surface area (Å²) in [6.07, 6.45) is 7.09. The number of carbonyl (C=O) groups is 1. The van der Waals surface area contributed by atoms with Crippen LogP contribution in [0.5, 0.6) is 0 Å². The molecular formula is C26H30FN3O3S. The molecule has 0 spiro atoms. The zero-order valence-corrected chi connectivity index (χ0v) is 21.0. The molecule has 0 aliphatic rings. The summed E-state index contributed by atoms with van der Waals surface area (Å²) in [6.45, 7) is 11.5. The molecule has 2 aromatic rings. The van der Waals surface area contributed by atoms with Crippen LogP contribution >= 0.6 is 11.8 Å². The molecule has 0 fully saturated rings. The van der Waals surface area contributed by atoms with Gasteiger partial charge in [0, 0.05) is 17.5 Å². The molecule has 1 N–H and O–H groups in total. The van der Waals surface area contributed by atoms with Crippen molar-refractivity contribution in [1.29, 1.82) is 0 Å². The van der Waals surface area contributed by atoms with Gasteiger partial charge in [-0.25, -0.2) is 19.2 Å². The number of esters is 1. The van der Waals surface area contributed by atoms with E-state index in [4.69, 9.17) is 9.15 Å². The maximum Gasteiger partial charge on any atom is 0.337 e. The summed E-state index contributed by atoms with van der Waals surface area (Å²) in [4.78, 5) is 20.7. The standard InChI is InChI=1S/C26H30FN3O3S/c1-7-19(10-9-18(5)27)24-30-22(26(33-24)34-23(8-2)29-15-17(3)4)16-28-21-13-11-20(12-14-21)25(31)32-6/h8-15,28H,2,7,16H2,1,3-6H3/b18-9+,19-10+,29-23+. The third-order valence-corrected chi connectivity index (χ3v) is 5.40. The number of oxazole rings is 1. The van der Waals surface area contributed by atoms with Crippen molar-refractivity contribution in [2.24, 2.45) is 4.99 Å². The second-order valence-electron chi connectivity index (χ2n) is 7.45. The fraction of sp³-hybridized carbons (Fsp3) is 0.269. The van der Waals surface area contributed by atoms with E-state index in [0.29, 0.717) is 40.2 Å². The van der Waals surface area contributed by atoms with Crippen LogP contribution in [0.1, 0.15) is 56.1 Å². The minimum Gasteiger partial charge on any atom is -0.465 e. The topological polar surface area (TPSA) is 76.7 Å². The van der Waals surface area contributed by atoms with Gasteiger partial charge in [0.2, 0.25) is 5.89 Å². The molecule has 6 nitrogen and oxygen atoms in total. The fourth-order valence-corrected chi connectivity index (χ4v) is 3.39. The van der Waals surface area contributed by atoms with Gasteiger partial charge in [-0.2, -0.15) is 0 Å². The molecule has 1 heterocycles. The Bertz CT molecular complexity index is 1120. The van der Waals surface area contributed by atoms with E-state index >= 15 is 0 Å². The summed E-state index contributed by atoms with van der Waals surface area (Å²) in [5.41, 5.74) is 3.77. The predicted molar refractivity (Wildman–Crippen MR) is 138 cm³/mol. The van der Waals surface area contributed by atoms with Crippen LogP contribution in [0.2, 0.25) is 0 Å². The molecule has 0 amide bonds.